The normalized spacial score (nSPS) is 16.9. The number of carbonyl (C=O) groups excluding carboxylic acids is 4. The average Bonchev–Trinajstić information content (AvgIpc) is 3.06. The Balaban J connectivity index is 1.47. The van der Waals surface area contributed by atoms with Crippen LogP contribution in [0.1, 0.15) is 11.1 Å². The van der Waals surface area contributed by atoms with E-state index < -0.39 is 11.1 Å². The van der Waals surface area contributed by atoms with Crippen LogP contribution in [-0.4, -0.2) is 36.1 Å². The van der Waals surface area contributed by atoms with Gasteiger partial charge in [-0.3, -0.25) is 29.4 Å². The number of nitrogens with zero attached hydrogens (tertiary/aromatic N) is 1. The van der Waals surface area contributed by atoms with Crippen LogP contribution >= 0.6 is 11.8 Å². The predicted octanol–water partition coefficient (Wildman–Crippen LogP) is 2.05. The molecule has 8 nitrogen and oxygen atoms in total. The first-order chi connectivity index (χ1) is 14.5. The largest absolute Gasteiger partial charge is 0.482 e. The summed E-state index contributed by atoms with van der Waals surface area (Å²) in [4.78, 5) is 49.4. The van der Waals surface area contributed by atoms with Crippen molar-refractivity contribution in [2.45, 2.75) is 6.54 Å². The average molecular weight is 423 g/mol. The lowest BCUT2D eigenvalue weighted by Crippen LogP contribution is -2.45. The van der Waals surface area contributed by atoms with Gasteiger partial charge in [0.1, 0.15) is 12.3 Å². The van der Waals surface area contributed by atoms with Crippen LogP contribution in [0, 0.1) is 0 Å². The predicted molar refractivity (Wildman–Crippen MR) is 112 cm³/mol. The number of benzene rings is 2. The molecule has 30 heavy (non-hydrogen) atoms. The molecule has 2 heterocycles. The summed E-state index contributed by atoms with van der Waals surface area (Å²) >= 11 is 0.822. The topological polar surface area (TPSA) is 105 Å². The standard InChI is InChI=1S/C21H17N3O5S/c25-18(22-10-13-4-2-1-3-5-13)11-24-15-7-6-14(8-16(15)29-12-19(24)26)9-17-20(27)23-21(28)30-17/h1-9H,10-12H2,(H,22,25)(H,23,27,28)/b17-9-. The Labute approximate surface area is 176 Å². The molecule has 9 heteroatoms. The van der Waals surface area contributed by atoms with Crippen molar-refractivity contribution in [2.75, 3.05) is 18.1 Å². The molecule has 1 fully saturated rings. The maximum absolute atomic E-state index is 12.4. The van der Waals surface area contributed by atoms with Crippen molar-refractivity contribution >= 4 is 46.5 Å². The molecule has 2 aliphatic rings. The summed E-state index contributed by atoms with van der Waals surface area (Å²) in [5.74, 6) is -0.631. The number of thioether (sulfide) groups is 1. The Morgan fingerprint density at radius 3 is 2.70 bits per heavy atom. The molecule has 0 atom stereocenters. The first-order valence-corrected chi connectivity index (χ1v) is 9.94. The number of nitrogens with one attached hydrogen (secondary N) is 2. The number of amides is 4. The van der Waals surface area contributed by atoms with E-state index in [1.807, 2.05) is 30.3 Å². The zero-order chi connectivity index (χ0) is 21.1. The highest BCUT2D eigenvalue weighted by Gasteiger charge is 2.28. The van der Waals surface area contributed by atoms with Crippen molar-refractivity contribution in [3.05, 3.63) is 64.6 Å². The Bertz CT molecular complexity index is 1070. The second-order valence-electron chi connectivity index (χ2n) is 6.61. The number of hydrogen-bond acceptors (Lipinski definition) is 6. The molecule has 0 bridgehead atoms. The first kappa shape index (κ1) is 19.7. The minimum absolute atomic E-state index is 0.130. The van der Waals surface area contributed by atoms with Gasteiger partial charge in [-0.1, -0.05) is 36.4 Å². The summed E-state index contributed by atoms with van der Waals surface area (Å²) in [6.07, 6.45) is 1.57. The third-order valence-corrected chi connectivity index (χ3v) is 5.31. The lowest BCUT2D eigenvalue weighted by molar-refractivity contribution is -0.125. The van der Waals surface area contributed by atoms with Gasteiger partial charge in [0.2, 0.25) is 5.91 Å². The van der Waals surface area contributed by atoms with Crippen molar-refractivity contribution in [3.63, 3.8) is 0 Å². The maximum atomic E-state index is 12.4. The van der Waals surface area contributed by atoms with Crippen LogP contribution in [0.3, 0.4) is 0 Å². The highest BCUT2D eigenvalue weighted by Crippen LogP contribution is 2.34. The van der Waals surface area contributed by atoms with Gasteiger partial charge in [-0.2, -0.15) is 0 Å². The Morgan fingerprint density at radius 2 is 1.97 bits per heavy atom. The summed E-state index contributed by atoms with van der Waals surface area (Å²) in [7, 11) is 0. The van der Waals surface area contributed by atoms with Gasteiger partial charge in [-0.25, -0.2) is 0 Å². The summed E-state index contributed by atoms with van der Waals surface area (Å²) in [6.45, 7) is 0.0535. The van der Waals surface area contributed by atoms with Gasteiger partial charge in [-0.15, -0.1) is 0 Å². The molecule has 0 spiro atoms. The van der Waals surface area contributed by atoms with E-state index in [2.05, 4.69) is 10.6 Å². The zero-order valence-corrected chi connectivity index (χ0v) is 16.5. The summed E-state index contributed by atoms with van der Waals surface area (Å²) in [6, 6.07) is 14.5. The molecule has 2 N–H and O–H groups in total. The fourth-order valence-corrected chi connectivity index (χ4v) is 3.73. The van der Waals surface area contributed by atoms with Gasteiger partial charge >= 0.3 is 0 Å². The van der Waals surface area contributed by atoms with E-state index in [4.69, 9.17) is 4.74 Å². The molecule has 2 aromatic carbocycles. The number of fused-ring (bicyclic) bond motifs is 1. The minimum atomic E-state index is -0.449. The Kier molecular flexibility index (Phi) is 5.53. The lowest BCUT2D eigenvalue weighted by atomic mass is 10.1. The molecule has 2 aromatic rings. The van der Waals surface area contributed by atoms with Gasteiger partial charge < -0.3 is 10.1 Å². The van der Waals surface area contributed by atoms with Gasteiger partial charge in [0.05, 0.1) is 10.6 Å². The Hall–Kier alpha value is -3.59. The molecule has 2 aliphatic heterocycles. The molecule has 0 aromatic heterocycles. The number of imide groups is 1. The molecule has 0 radical (unpaired) electrons. The summed E-state index contributed by atoms with van der Waals surface area (Å²) in [5.41, 5.74) is 2.08. The van der Waals surface area contributed by atoms with E-state index in [-0.39, 0.29) is 29.9 Å². The summed E-state index contributed by atoms with van der Waals surface area (Å²) < 4.78 is 5.50. The molecular formula is C21H17N3O5S. The van der Waals surface area contributed by atoms with Gasteiger partial charge in [0.25, 0.3) is 17.1 Å². The third kappa shape index (κ3) is 4.36. The second-order valence-corrected chi connectivity index (χ2v) is 7.63. The fourth-order valence-electron chi connectivity index (χ4n) is 3.05. The van der Waals surface area contributed by atoms with E-state index in [1.165, 1.54) is 4.90 Å². The van der Waals surface area contributed by atoms with Gasteiger partial charge in [-0.05, 0) is 41.1 Å². The van der Waals surface area contributed by atoms with Crippen molar-refractivity contribution < 1.29 is 23.9 Å². The Morgan fingerprint density at radius 1 is 1.17 bits per heavy atom. The zero-order valence-electron chi connectivity index (χ0n) is 15.7. The van der Waals surface area contributed by atoms with Gasteiger partial charge in [0, 0.05) is 6.54 Å². The highest BCUT2D eigenvalue weighted by atomic mass is 32.2. The van der Waals surface area contributed by atoms with E-state index in [1.54, 1.807) is 24.3 Å². The van der Waals surface area contributed by atoms with Crippen LogP contribution in [0.4, 0.5) is 10.5 Å². The number of carbonyl (C=O) groups is 4. The third-order valence-electron chi connectivity index (χ3n) is 4.50. The van der Waals surface area contributed by atoms with Crippen LogP contribution in [-0.2, 0) is 20.9 Å². The lowest BCUT2D eigenvalue weighted by Gasteiger charge is -2.29. The fraction of sp³-hybridized carbons (Fsp3) is 0.143. The molecule has 0 unspecified atom stereocenters. The molecule has 152 valence electrons. The molecule has 0 saturated carbocycles. The monoisotopic (exact) mass is 423 g/mol. The second kappa shape index (κ2) is 8.42. The van der Waals surface area contributed by atoms with Crippen LogP contribution < -0.4 is 20.3 Å². The molecule has 4 amide bonds. The maximum Gasteiger partial charge on any atom is 0.290 e. The highest BCUT2D eigenvalue weighted by molar-refractivity contribution is 8.18. The van der Waals surface area contributed by atoms with E-state index in [0.717, 1.165) is 17.3 Å². The number of rotatable bonds is 5. The quantitative estimate of drug-likeness (QED) is 0.714. The van der Waals surface area contributed by atoms with E-state index in [9.17, 15) is 19.2 Å². The first-order valence-electron chi connectivity index (χ1n) is 9.12. The molecule has 1 saturated heterocycles. The summed E-state index contributed by atoms with van der Waals surface area (Å²) in [5, 5.41) is 4.58. The van der Waals surface area contributed by atoms with Crippen molar-refractivity contribution in [1.82, 2.24) is 10.6 Å². The van der Waals surface area contributed by atoms with Crippen molar-refractivity contribution in [1.29, 1.82) is 0 Å². The molecule has 0 aliphatic carbocycles. The minimum Gasteiger partial charge on any atom is -0.482 e. The van der Waals surface area contributed by atoms with Crippen LogP contribution in [0.25, 0.3) is 6.08 Å². The van der Waals surface area contributed by atoms with Crippen LogP contribution in [0.15, 0.2) is 53.4 Å². The molecule has 4 rings (SSSR count). The number of anilines is 1. The smallest absolute Gasteiger partial charge is 0.290 e. The molecular weight excluding hydrogens is 406 g/mol. The van der Waals surface area contributed by atoms with Gasteiger partial charge in [0.15, 0.2) is 6.61 Å². The van der Waals surface area contributed by atoms with Crippen molar-refractivity contribution in [3.8, 4) is 5.75 Å². The van der Waals surface area contributed by atoms with Crippen LogP contribution in [0.5, 0.6) is 5.75 Å². The van der Waals surface area contributed by atoms with Crippen molar-refractivity contribution in [2.24, 2.45) is 0 Å². The van der Waals surface area contributed by atoms with E-state index in [0.29, 0.717) is 23.5 Å². The SMILES string of the molecule is O=C(CN1C(=O)COc2cc(/C=C3\SC(=O)NC3=O)ccc21)NCc1ccccc1. The van der Waals surface area contributed by atoms with Crippen LogP contribution in [0.2, 0.25) is 0 Å². The number of hydrogen-bond donors (Lipinski definition) is 2. The number of ether oxygens (including phenoxy) is 1. The van der Waals surface area contributed by atoms with E-state index >= 15 is 0 Å².